The molecule has 0 aliphatic rings. The molecule has 0 aliphatic heterocycles. The largest absolute Gasteiger partial charge is 0.458 e. The van der Waals surface area contributed by atoms with E-state index in [4.69, 9.17) is 25.5 Å². The lowest BCUT2D eigenvalue weighted by Crippen LogP contribution is -2.51. The fourth-order valence-corrected chi connectivity index (χ4v) is 0.951. The highest BCUT2D eigenvalue weighted by atomic mass is 19.4. The first-order chi connectivity index (χ1) is 8.03. The van der Waals surface area contributed by atoms with Gasteiger partial charge in [-0.05, 0) is 0 Å². The number of carbonyl (C=O) groups is 2. The molecule has 0 aromatic heterocycles. The summed E-state index contributed by atoms with van der Waals surface area (Å²) in [6.07, 6.45) is -15.2. The van der Waals surface area contributed by atoms with Crippen LogP contribution in [0.4, 0.5) is 13.2 Å². The lowest BCUT2D eigenvalue weighted by Gasteiger charge is -2.24. The number of aliphatic hydroxyl groups is 5. The molecule has 0 radical (unpaired) electrons. The van der Waals surface area contributed by atoms with Crippen molar-refractivity contribution in [3.63, 3.8) is 0 Å². The van der Waals surface area contributed by atoms with Gasteiger partial charge in [-0.1, -0.05) is 0 Å². The maximum absolute atomic E-state index is 11.8. The molecule has 0 saturated heterocycles. The molecule has 0 heterocycles. The summed E-state index contributed by atoms with van der Waals surface area (Å²) in [5.41, 5.74) is 0. The molecule has 0 amide bonds. The Morgan fingerprint density at radius 3 is 1.78 bits per heavy atom. The van der Waals surface area contributed by atoms with E-state index < -0.39 is 48.8 Å². The summed E-state index contributed by atoms with van der Waals surface area (Å²) in [6, 6.07) is 0. The van der Waals surface area contributed by atoms with E-state index in [-0.39, 0.29) is 0 Å². The number of hydrogen-bond acceptors (Lipinski definition) is 7. The smallest absolute Gasteiger partial charge is 0.394 e. The Labute approximate surface area is 98.1 Å². The zero-order valence-corrected chi connectivity index (χ0v) is 8.70. The predicted octanol–water partition coefficient (Wildman–Crippen LogP) is -2.88. The Morgan fingerprint density at radius 2 is 1.44 bits per heavy atom. The third kappa shape index (κ3) is 3.99. The van der Waals surface area contributed by atoms with Gasteiger partial charge in [0.1, 0.15) is 24.4 Å². The van der Waals surface area contributed by atoms with E-state index in [0.717, 1.165) is 0 Å². The van der Waals surface area contributed by atoms with Crippen molar-refractivity contribution in [1.82, 2.24) is 0 Å². The average Bonchev–Trinajstić information content (AvgIpc) is 2.31. The van der Waals surface area contributed by atoms with E-state index in [1.165, 1.54) is 0 Å². The van der Waals surface area contributed by atoms with Gasteiger partial charge < -0.3 is 25.5 Å². The average molecular weight is 276 g/mol. The fraction of sp³-hybridized carbons (Fsp3) is 0.750. The Balaban J connectivity index is 4.80. The van der Waals surface area contributed by atoms with Crippen molar-refractivity contribution in [2.45, 2.75) is 30.6 Å². The zero-order chi connectivity index (χ0) is 14.7. The molecule has 0 rings (SSSR count). The third-order valence-corrected chi connectivity index (χ3v) is 2.00. The van der Waals surface area contributed by atoms with Crippen molar-refractivity contribution in [3.8, 4) is 0 Å². The molecular formula is C8H11F3O7. The minimum absolute atomic E-state index is 1.08. The summed E-state index contributed by atoms with van der Waals surface area (Å²) >= 11 is 0. The molecule has 10 heteroatoms. The van der Waals surface area contributed by atoms with Crippen LogP contribution >= 0.6 is 0 Å². The third-order valence-electron chi connectivity index (χ3n) is 2.00. The second-order valence-electron chi connectivity index (χ2n) is 3.37. The quantitative estimate of drug-likeness (QED) is 0.329. The molecule has 0 spiro atoms. The number of rotatable bonds is 6. The van der Waals surface area contributed by atoms with Crippen LogP contribution in [0.15, 0.2) is 0 Å². The minimum atomic E-state index is -5.53. The van der Waals surface area contributed by atoms with Crippen LogP contribution in [0.1, 0.15) is 0 Å². The number of ketones is 2. The summed E-state index contributed by atoms with van der Waals surface area (Å²) in [6.45, 7) is -1.08. The maximum Gasteiger partial charge on any atom is 0.458 e. The van der Waals surface area contributed by atoms with Crippen molar-refractivity contribution in [2.75, 3.05) is 6.61 Å². The van der Waals surface area contributed by atoms with Gasteiger partial charge in [-0.15, -0.1) is 0 Å². The van der Waals surface area contributed by atoms with Gasteiger partial charge in [0.05, 0.1) is 6.61 Å². The monoisotopic (exact) mass is 276 g/mol. The second kappa shape index (κ2) is 6.20. The first-order valence-corrected chi connectivity index (χ1v) is 4.52. The molecule has 0 bridgehead atoms. The van der Waals surface area contributed by atoms with Gasteiger partial charge in [0.15, 0.2) is 0 Å². The molecule has 0 fully saturated rings. The van der Waals surface area contributed by atoms with Gasteiger partial charge in [0.25, 0.3) is 0 Å². The van der Waals surface area contributed by atoms with Crippen molar-refractivity contribution < 1.29 is 48.3 Å². The van der Waals surface area contributed by atoms with E-state index >= 15 is 0 Å². The molecule has 7 nitrogen and oxygen atoms in total. The van der Waals surface area contributed by atoms with Gasteiger partial charge in [-0.25, -0.2) is 0 Å². The Kier molecular flexibility index (Phi) is 5.83. The molecule has 106 valence electrons. The Hall–Kier alpha value is -1.07. The van der Waals surface area contributed by atoms with E-state index in [0.29, 0.717) is 0 Å². The fourth-order valence-electron chi connectivity index (χ4n) is 0.951. The normalized spacial score (nSPS) is 18.9. The summed E-state index contributed by atoms with van der Waals surface area (Å²) in [5.74, 6) is -5.28. The Bertz CT molecular complexity index is 316. The van der Waals surface area contributed by atoms with Crippen molar-refractivity contribution in [1.29, 1.82) is 0 Å². The number of aliphatic hydroxyl groups excluding tert-OH is 5. The van der Waals surface area contributed by atoms with Crippen LogP contribution < -0.4 is 0 Å². The predicted molar refractivity (Wildman–Crippen MR) is 47.2 cm³/mol. The summed E-state index contributed by atoms with van der Waals surface area (Å²) in [5, 5.41) is 44.3. The number of Topliss-reactive ketones (excluding diaryl/α,β-unsaturated/α-hetero) is 2. The lowest BCUT2D eigenvalue weighted by molar-refractivity contribution is -0.181. The molecule has 0 saturated carbocycles. The summed E-state index contributed by atoms with van der Waals surface area (Å²) in [4.78, 5) is 21.2. The molecule has 5 N–H and O–H groups in total. The minimum Gasteiger partial charge on any atom is -0.394 e. The van der Waals surface area contributed by atoms with E-state index in [2.05, 4.69) is 0 Å². The van der Waals surface area contributed by atoms with E-state index in [1.54, 1.807) is 0 Å². The number of halogens is 3. The highest BCUT2D eigenvalue weighted by Gasteiger charge is 2.48. The molecule has 18 heavy (non-hydrogen) atoms. The summed E-state index contributed by atoms with van der Waals surface area (Å²) < 4.78 is 35.5. The van der Waals surface area contributed by atoms with Crippen molar-refractivity contribution in [3.05, 3.63) is 0 Å². The molecule has 0 unspecified atom stereocenters. The van der Waals surface area contributed by atoms with Crippen LogP contribution in [0.2, 0.25) is 0 Å². The van der Waals surface area contributed by atoms with Gasteiger partial charge in [-0.2, -0.15) is 13.2 Å². The lowest BCUT2D eigenvalue weighted by atomic mass is 9.98. The highest BCUT2D eigenvalue weighted by Crippen LogP contribution is 2.18. The van der Waals surface area contributed by atoms with Crippen molar-refractivity contribution >= 4 is 11.6 Å². The van der Waals surface area contributed by atoms with Gasteiger partial charge >= 0.3 is 12.0 Å². The molecule has 0 aromatic rings. The van der Waals surface area contributed by atoms with Gasteiger partial charge in [-0.3, -0.25) is 9.59 Å². The van der Waals surface area contributed by atoms with Gasteiger partial charge in [0, 0.05) is 0 Å². The van der Waals surface area contributed by atoms with E-state index in [1.807, 2.05) is 0 Å². The van der Waals surface area contributed by atoms with Crippen LogP contribution in [0.3, 0.4) is 0 Å². The first-order valence-electron chi connectivity index (χ1n) is 4.52. The highest BCUT2D eigenvalue weighted by molar-refractivity contribution is 6.41. The molecule has 0 aliphatic carbocycles. The number of hydrogen-bond donors (Lipinski definition) is 5. The maximum atomic E-state index is 11.8. The molecule has 4 atom stereocenters. The SMILES string of the molecule is O=C(C(=O)C(F)(F)F)[C@H](O)[C@@H](O)[C@H](O)[C@H](O)CO. The van der Waals surface area contributed by atoms with Crippen LogP contribution in [0.25, 0.3) is 0 Å². The van der Waals surface area contributed by atoms with Crippen LogP contribution in [0.5, 0.6) is 0 Å². The summed E-state index contributed by atoms with van der Waals surface area (Å²) in [7, 11) is 0. The van der Waals surface area contributed by atoms with Crippen LogP contribution in [0, 0.1) is 0 Å². The van der Waals surface area contributed by atoms with Crippen LogP contribution in [-0.2, 0) is 9.59 Å². The van der Waals surface area contributed by atoms with E-state index in [9.17, 15) is 22.8 Å². The topological polar surface area (TPSA) is 135 Å². The Morgan fingerprint density at radius 1 is 1.00 bits per heavy atom. The van der Waals surface area contributed by atoms with Crippen LogP contribution in [-0.4, -0.2) is 74.3 Å². The first kappa shape index (κ1) is 16.9. The van der Waals surface area contributed by atoms with Crippen molar-refractivity contribution in [2.24, 2.45) is 0 Å². The number of alkyl halides is 3. The standard InChI is InChI=1S/C8H11F3O7/c9-8(10,11)7(18)6(17)5(16)4(15)3(14)2(13)1-12/h2-5,12-16H,1H2/t2-,3-,4+,5-/m1/s1. The second-order valence-corrected chi connectivity index (χ2v) is 3.37. The zero-order valence-electron chi connectivity index (χ0n) is 8.70. The van der Waals surface area contributed by atoms with Gasteiger partial charge in [0.2, 0.25) is 5.78 Å². The number of carbonyl (C=O) groups excluding carboxylic acids is 2. The molecule has 0 aromatic carbocycles. The molecular weight excluding hydrogens is 265 g/mol.